The molecule has 28 heavy (non-hydrogen) atoms. The molecule has 0 saturated carbocycles. The Morgan fingerprint density at radius 2 is 1.79 bits per heavy atom. The molecule has 0 unspecified atom stereocenters. The topological polar surface area (TPSA) is 66.3 Å². The van der Waals surface area contributed by atoms with Gasteiger partial charge in [-0.15, -0.1) is 10.2 Å². The fourth-order valence-electron chi connectivity index (χ4n) is 4.41. The van der Waals surface area contributed by atoms with Gasteiger partial charge in [0.25, 0.3) is 0 Å². The monoisotopic (exact) mass is 382 g/mol. The molecule has 150 valence electrons. The quantitative estimate of drug-likeness (QED) is 0.863. The molecule has 0 bridgehead atoms. The van der Waals surface area contributed by atoms with Crippen molar-refractivity contribution in [2.24, 2.45) is 5.92 Å². The van der Waals surface area contributed by atoms with Crippen molar-refractivity contribution in [2.45, 2.75) is 38.3 Å². The summed E-state index contributed by atoms with van der Waals surface area (Å²) in [6.45, 7) is 5.57. The van der Waals surface area contributed by atoms with Crippen molar-refractivity contribution < 1.29 is 4.79 Å². The van der Waals surface area contributed by atoms with Crippen molar-refractivity contribution in [1.82, 2.24) is 29.9 Å². The Balaban J connectivity index is 1.19. The zero-order valence-corrected chi connectivity index (χ0v) is 16.4. The first kappa shape index (κ1) is 18.9. The second-order valence-electron chi connectivity index (χ2n) is 8.04. The lowest BCUT2D eigenvalue weighted by Crippen LogP contribution is -2.47. The van der Waals surface area contributed by atoms with Crippen LogP contribution in [-0.4, -0.2) is 63.3 Å². The van der Waals surface area contributed by atoms with E-state index in [1.54, 1.807) is 12.7 Å². The maximum Gasteiger partial charge on any atom is 0.317 e. The molecule has 7 nitrogen and oxygen atoms in total. The van der Waals surface area contributed by atoms with E-state index in [2.05, 4.69) is 55.3 Å². The van der Waals surface area contributed by atoms with Crippen LogP contribution in [0.4, 0.5) is 4.79 Å². The first-order valence-corrected chi connectivity index (χ1v) is 10.4. The average Bonchev–Trinajstić information content (AvgIpc) is 3.28. The zero-order valence-electron chi connectivity index (χ0n) is 16.4. The molecular formula is C21H30N6O. The van der Waals surface area contributed by atoms with Gasteiger partial charge in [0.1, 0.15) is 12.7 Å². The molecule has 4 rings (SSSR count). The normalized spacial score (nSPS) is 21.6. The van der Waals surface area contributed by atoms with Gasteiger partial charge in [-0.1, -0.05) is 30.3 Å². The maximum absolute atomic E-state index is 12.6. The van der Waals surface area contributed by atoms with Crippen LogP contribution in [0.25, 0.3) is 0 Å². The summed E-state index contributed by atoms with van der Waals surface area (Å²) in [6, 6.07) is 11.1. The van der Waals surface area contributed by atoms with Gasteiger partial charge in [0.05, 0.1) is 0 Å². The minimum atomic E-state index is 0.0855. The van der Waals surface area contributed by atoms with Gasteiger partial charge in [0.15, 0.2) is 0 Å². The van der Waals surface area contributed by atoms with Gasteiger partial charge in [0, 0.05) is 38.8 Å². The van der Waals surface area contributed by atoms with E-state index in [4.69, 9.17) is 0 Å². The lowest BCUT2D eigenvalue weighted by molar-refractivity contribution is 0.152. The number of piperidine rings is 2. The van der Waals surface area contributed by atoms with Gasteiger partial charge < -0.3 is 14.8 Å². The van der Waals surface area contributed by atoms with Crippen LogP contribution in [-0.2, 0) is 6.54 Å². The van der Waals surface area contributed by atoms with Crippen LogP contribution in [0.2, 0.25) is 0 Å². The molecule has 2 saturated heterocycles. The number of likely N-dealkylation sites (tertiary alicyclic amines) is 2. The minimum absolute atomic E-state index is 0.0855. The van der Waals surface area contributed by atoms with Crippen molar-refractivity contribution in [2.75, 3.05) is 32.7 Å². The van der Waals surface area contributed by atoms with Gasteiger partial charge in [-0.05, 0) is 43.7 Å². The van der Waals surface area contributed by atoms with E-state index in [9.17, 15) is 4.79 Å². The van der Waals surface area contributed by atoms with E-state index in [1.165, 1.54) is 18.4 Å². The number of nitrogens with zero attached hydrogens (tertiary/aromatic N) is 5. The van der Waals surface area contributed by atoms with Gasteiger partial charge in [-0.2, -0.15) is 0 Å². The predicted molar refractivity (Wildman–Crippen MR) is 108 cm³/mol. The summed E-state index contributed by atoms with van der Waals surface area (Å²) in [7, 11) is 0. The molecule has 0 aliphatic carbocycles. The lowest BCUT2D eigenvalue weighted by Gasteiger charge is -2.35. The second kappa shape index (κ2) is 9.19. The fraction of sp³-hybridized carbons (Fsp3) is 0.571. The summed E-state index contributed by atoms with van der Waals surface area (Å²) in [6.07, 6.45) is 7.85. The molecule has 1 atom stereocenters. The number of carbonyl (C=O) groups excluding carboxylic acids is 1. The molecule has 2 aliphatic rings. The Morgan fingerprint density at radius 1 is 1.04 bits per heavy atom. The summed E-state index contributed by atoms with van der Waals surface area (Å²) in [5, 5.41) is 10.9. The molecule has 1 aromatic carbocycles. The van der Waals surface area contributed by atoms with Crippen LogP contribution in [0.5, 0.6) is 0 Å². The van der Waals surface area contributed by atoms with E-state index in [-0.39, 0.29) is 6.03 Å². The molecule has 1 N–H and O–H groups in total. The van der Waals surface area contributed by atoms with Gasteiger partial charge in [-0.25, -0.2) is 4.79 Å². The molecule has 7 heteroatoms. The first-order chi connectivity index (χ1) is 13.8. The van der Waals surface area contributed by atoms with Gasteiger partial charge >= 0.3 is 6.03 Å². The number of aromatic nitrogens is 3. The number of carbonyl (C=O) groups is 1. The summed E-state index contributed by atoms with van der Waals surface area (Å²) in [4.78, 5) is 17.0. The molecule has 2 aromatic rings. The average molecular weight is 383 g/mol. The highest BCUT2D eigenvalue weighted by Gasteiger charge is 2.25. The van der Waals surface area contributed by atoms with Crippen LogP contribution < -0.4 is 5.32 Å². The first-order valence-electron chi connectivity index (χ1n) is 10.4. The van der Waals surface area contributed by atoms with Crippen molar-refractivity contribution in [3.05, 3.63) is 48.5 Å². The highest BCUT2D eigenvalue weighted by Crippen LogP contribution is 2.22. The lowest BCUT2D eigenvalue weighted by atomic mass is 9.97. The third-order valence-corrected chi connectivity index (χ3v) is 6.00. The van der Waals surface area contributed by atoms with Gasteiger partial charge in [-0.3, -0.25) is 4.90 Å². The number of hydrogen-bond acceptors (Lipinski definition) is 4. The highest BCUT2D eigenvalue weighted by molar-refractivity contribution is 5.74. The fourth-order valence-corrected chi connectivity index (χ4v) is 4.41. The van der Waals surface area contributed by atoms with Crippen molar-refractivity contribution in [1.29, 1.82) is 0 Å². The molecule has 3 heterocycles. The van der Waals surface area contributed by atoms with E-state index in [0.717, 1.165) is 52.1 Å². The van der Waals surface area contributed by atoms with E-state index in [0.29, 0.717) is 12.0 Å². The largest absolute Gasteiger partial charge is 0.338 e. The van der Waals surface area contributed by atoms with Crippen LogP contribution in [0.1, 0.15) is 37.3 Å². The van der Waals surface area contributed by atoms with Crippen molar-refractivity contribution >= 4 is 6.03 Å². The van der Waals surface area contributed by atoms with Crippen molar-refractivity contribution in [3.63, 3.8) is 0 Å². The molecular weight excluding hydrogens is 352 g/mol. The van der Waals surface area contributed by atoms with E-state index in [1.807, 2.05) is 4.90 Å². The standard InChI is InChI=1S/C21H30N6O/c28-21(26-11-8-20(9-12-26)27-16-23-24-17-27)22-13-19-7-4-10-25(15-19)14-18-5-2-1-3-6-18/h1-3,5-6,16-17,19-20H,4,7-15H2,(H,22,28)/t19-/m0/s1. The Kier molecular flexibility index (Phi) is 6.21. The summed E-state index contributed by atoms with van der Waals surface area (Å²) >= 11 is 0. The Hall–Kier alpha value is -2.41. The number of hydrogen-bond donors (Lipinski definition) is 1. The van der Waals surface area contributed by atoms with Crippen LogP contribution in [0, 0.1) is 5.92 Å². The molecule has 2 fully saturated rings. The Bertz CT molecular complexity index is 727. The van der Waals surface area contributed by atoms with Crippen LogP contribution in [0.3, 0.4) is 0 Å². The van der Waals surface area contributed by atoms with E-state index < -0.39 is 0 Å². The summed E-state index contributed by atoms with van der Waals surface area (Å²) in [5.41, 5.74) is 1.36. The Labute approximate surface area is 166 Å². The minimum Gasteiger partial charge on any atom is -0.338 e. The van der Waals surface area contributed by atoms with Crippen LogP contribution in [0.15, 0.2) is 43.0 Å². The number of rotatable bonds is 5. The molecule has 2 amide bonds. The Morgan fingerprint density at radius 3 is 2.54 bits per heavy atom. The number of urea groups is 1. The SMILES string of the molecule is O=C(NC[C@@H]1CCCN(Cc2ccccc2)C1)N1CCC(n2cnnc2)CC1. The molecule has 0 spiro atoms. The number of nitrogens with one attached hydrogen (secondary N) is 1. The van der Waals surface area contributed by atoms with Crippen molar-refractivity contribution in [3.8, 4) is 0 Å². The van der Waals surface area contributed by atoms with E-state index >= 15 is 0 Å². The zero-order chi connectivity index (χ0) is 19.2. The third-order valence-electron chi connectivity index (χ3n) is 6.00. The predicted octanol–water partition coefficient (Wildman–Crippen LogP) is 2.54. The molecule has 1 aromatic heterocycles. The third kappa shape index (κ3) is 4.90. The molecule has 2 aliphatic heterocycles. The van der Waals surface area contributed by atoms with Crippen LogP contribution >= 0.6 is 0 Å². The summed E-state index contributed by atoms with van der Waals surface area (Å²) < 4.78 is 2.05. The second-order valence-corrected chi connectivity index (χ2v) is 8.04. The van der Waals surface area contributed by atoms with Gasteiger partial charge in [0.2, 0.25) is 0 Å². The number of benzene rings is 1. The maximum atomic E-state index is 12.6. The smallest absolute Gasteiger partial charge is 0.317 e. The summed E-state index contributed by atoms with van der Waals surface area (Å²) in [5.74, 6) is 0.538. The highest BCUT2D eigenvalue weighted by atomic mass is 16.2. The number of amides is 2. The molecule has 0 radical (unpaired) electrons.